The Labute approximate surface area is 137 Å². The van der Waals surface area contributed by atoms with Gasteiger partial charge in [-0.15, -0.1) is 0 Å². The van der Waals surface area contributed by atoms with E-state index in [1.54, 1.807) is 0 Å². The van der Waals surface area contributed by atoms with E-state index in [9.17, 15) is 26.2 Å². The molecule has 0 radical (unpaired) electrons. The van der Waals surface area contributed by atoms with Crippen molar-refractivity contribution in [2.45, 2.75) is 22.8 Å². The van der Waals surface area contributed by atoms with Crippen molar-refractivity contribution >= 4 is 42.7 Å². The van der Waals surface area contributed by atoms with Crippen molar-refractivity contribution in [3.05, 3.63) is 30.3 Å². The fraction of sp³-hybridized carbons (Fsp3) is 0.154. The van der Waals surface area contributed by atoms with Gasteiger partial charge >= 0.3 is 5.97 Å². The van der Waals surface area contributed by atoms with Crippen LogP contribution < -0.4 is 5.32 Å². The first-order valence-corrected chi connectivity index (χ1v) is 9.30. The zero-order chi connectivity index (χ0) is 18.3. The zero-order valence-electron chi connectivity index (χ0n) is 12.2. The summed E-state index contributed by atoms with van der Waals surface area (Å²) >= 11 is 0. The largest absolute Gasteiger partial charge is 0.480 e. The molecular weight excluding hydrogens is 362 g/mol. The molecule has 130 valence electrons. The van der Waals surface area contributed by atoms with E-state index in [2.05, 4.69) is 5.32 Å². The van der Waals surface area contributed by atoms with Gasteiger partial charge in [0.25, 0.3) is 20.2 Å². The number of carboxylic acids is 1. The number of hydrogen-bond donors (Lipinski definition) is 4. The summed E-state index contributed by atoms with van der Waals surface area (Å²) in [6.45, 7) is 1.38. The first-order valence-electron chi connectivity index (χ1n) is 6.42. The molecule has 0 saturated heterocycles. The number of aliphatic carboxylic acids is 1. The Balaban J connectivity index is 2.73. The molecule has 0 spiro atoms. The van der Waals surface area contributed by atoms with Crippen LogP contribution in [0.15, 0.2) is 40.1 Å². The predicted octanol–water partition coefficient (Wildman–Crippen LogP) is 1.22. The average Bonchev–Trinajstić information content (AvgIpc) is 2.43. The molecule has 0 bridgehead atoms. The molecule has 0 saturated carbocycles. The van der Waals surface area contributed by atoms with E-state index in [1.165, 1.54) is 25.1 Å². The fourth-order valence-electron chi connectivity index (χ4n) is 2.07. The van der Waals surface area contributed by atoms with Crippen molar-refractivity contribution < 1.29 is 35.8 Å². The number of anilines is 1. The third kappa shape index (κ3) is 3.82. The number of nitrogens with one attached hydrogen (secondary N) is 1. The van der Waals surface area contributed by atoms with Crippen LogP contribution in [0, 0.1) is 0 Å². The van der Waals surface area contributed by atoms with Crippen molar-refractivity contribution in [3.63, 3.8) is 0 Å². The van der Waals surface area contributed by atoms with E-state index in [0.29, 0.717) is 6.07 Å². The monoisotopic (exact) mass is 375 g/mol. The first kappa shape index (κ1) is 18.1. The average molecular weight is 375 g/mol. The number of fused-ring (bicyclic) bond motifs is 1. The molecule has 0 aromatic heterocycles. The molecule has 0 amide bonds. The Hall–Kier alpha value is -2.21. The Morgan fingerprint density at radius 1 is 1.04 bits per heavy atom. The molecular formula is C13H13NO8S2. The summed E-state index contributed by atoms with van der Waals surface area (Å²) in [7, 11) is -9.47. The Bertz CT molecular complexity index is 1030. The molecule has 0 aliphatic carbocycles. The van der Waals surface area contributed by atoms with E-state index >= 15 is 0 Å². The highest BCUT2D eigenvalue weighted by Crippen LogP contribution is 2.29. The normalized spacial score (nSPS) is 13.6. The SMILES string of the molecule is CC(Nc1ccc2c(S(=O)(=O)O)cc(S(=O)(=O)O)cc2c1)C(=O)O. The maximum atomic E-state index is 11.5. The number of rotatable bonds is 5. The van der Waals surface area contributed by atoms with Crippen LogP contribution in [-0.2, 0) is 25.0 Å². The van der Waals surface area contributed by atoms with Crippen molar-refractivity contribution in [2.24, 2.45) is 0 Å². The van der Waals surface area contributed by atoms with Crippen molar-refractivity contribution in [3.8, 4) is 0 Å². The highest BCUT2D eigenvalue weighted by Gasteiger charge is 2.21. The molecule has 0 heterocycles. The lowest BCUT2D eigenvalue weighted by Crippen LogP contribution is -2.25. The van der Waals surface area contributed by atoms with Gasteiger partial charge < -0.3 is 10.4 Å². The minimum Gasteiger partial charge on any atom is -0.480 e. The van der Waals surface area contributed by atoms with E-state index in [1.807, 2.05) is 0 Å². The molecule has 4 N–H and O–H groups in total. The molecule has 9 nitrogen and oxygen atoms in total. The van der Waals surface area contributed by atoms with Crippen molar-refractivity contribution in [2.75, 3.05) is 5.32 Å². The molecule has 1 atom stereocenters. The van der Waals surface area contributed by atoms with Gasteiger partial charge in [-0.1, -0.05) is 6.07 Å². The Morgan fingerprint density at radius 2 is 1.67 bits per heavy atom. The predicted molar refractivity (Wildman–Crippen MR) is 84.3 cm³/mol. The van der Waals surface area contributed by atoms with E-state index < -0.39 is 42.0 Å². The van der Waals surface area contributed by atoms with Gasteiger partial charge in [0.15, 0.2) is 0 Å². The van der Waals surface area contributed by atoms with Crippen LogP contribution in [0.4, 0.5) is 5.69 Å². The molecule has 11 heteroatoms. The van der Waals surface area contributed by atoms with E-state index in [4.69, 9.17) is 9.66 Å². The highest BCUT2D eigenvalue weighted by atomic mass is 32.2. The van der Waals surface area contributed by atoms with Gasteiger partial charge in [0, 0.05) is 11.1 Å². The van der Waals surface area contributed by atoms with Crippen molar-refractivity contribution in [1.29, 1.82) is 0 Å². The summed E-state index contributed by atoms with van der Waals surface area (Å²) in [6.07, 6.45) is 0. The summed E-state index contributed by atoms with van der Waals surface area (Å²) in [5.74, 6) is -1.12. The lowest BCUT2D eigenvalue weighted by molar-refractivity contribution is -0.137. The third-order valence-corrected chi connectivity index (χ3v) is 4.94. The Morgan fingerprint density at radius 3 is 2.17 bits per heavy atom. The van der Waals surface area contributed by atoms with Crippen LogP contribution in [0.3, 0.4) is 0 Å². The van der Waals surface area contributed by atoms with Crippen LogP contribution in [0.2, 0.25) is 0 Å². The summed E-state index contributed by atoms with van der Waals surface area (Å²) in [6, 6.07) is 4.66. The molecule has 1 unspecified atom stereocenters. The third-order valence-electron chi connectivity index (χ3n) is 3.22. The molecule has 0 aliphatic heterocycles. The van der Waals surface area contributed by atoms with Crippen LogP contribution in [0.5, 0.6) is 0 Å². The second kappa shape index (κ2) is 6.02. The summed E-state index contributed by atoms with van der Waals surface area (Å²) in [5.41, 5.74) is 0.283. The quantitative estimate of drug-likeness (QED) is 0.564. The second-order valence-corrected chi connectivity index (χ2v) is 7.82. The van der Waals surface area contributed by atoms with Gasteiger partial charge in [0.2, 0.25) is 0 Å². The standard InChI is InChI=1S/C13H13NO8S2/c1-7(13(15)16)14-9-2-3-11-8(4-9)5-10(23(17,18)19)6-12(11)24(20,21)22/h2-7,14H,1H3,(H,15,16)(H,17,18,19)(H,20,21,22). The summed E-state index contributed by atoms with van der Waals surface area (Å²) < 4.78 is 63.9. The second-order valence-electron chi connectivity index (χ2n) is 5.01. The van der Waals surface area contributed by atoms with Crippen LogP contribution in [0.1, 0.15) is 6.92 Å². The fourth-order valence-corrected chi connectivity index (χ4v) is 3.43. The highest BCUT2D eigenvalue weighted by molar-refractivity contribution is 7.86. The Kier molecular flexibility index (Phi) is 4.55. The molecule has 0 aliphatic rings. The van der Waals surface area contributed by atoms with Gasteiger partial charge in [-0.05, 0) is 36.6 Å². The van der Waals surface area contributed by atoms with E-state index in [-0.39, 0.29) is 16.5 Å². The molecule has 2 aromatic carbocycles. The molecule has 2 rings (SSSR count). The minimum atomic E-state index is -4.75. The molecule has 0 fully saturated rings. The lowest BCUT2D eigenvalue weighted by atomic mass is 10.1. The number of benzene rings is 2. The molecule has 24 heavy (non-hydrogen) atoms. The first-order chi connectivity index (χ1) is 10.9. The van der Waals surface area contributed by atoms with Gasteiger partial charge in [0.1, 0.15) is 10.9 Å². The van der Waals surface area contributed by atoms with Crippen LogP contribution in [0.25, 0.3) is 10.8 Å². The molecule has 2 aromatic rings. The topological polar surface area (TPSA) is 158 Å². The summed E-state index contributed by atoms with van der Waals surface area (Å²) in [4.78, 5) is 9.45. The number of carbonyl (C=O) groups is 1. The van der Waals surface area contributed by atoms with E-state index in [0.717, 1.165) is 6.07 Å². The van der Waals surface area contributed by atoms with Crippen molar-refractivity contribution in [1.82, 2.24) is 0 Å². The van der Waals surface area contributed by atoms with Gasteiger partial charge in [-0.25, -0.2) is 0 Å². The number of carboxylic acid groups (broad SMARTS) is 1. The maximum absolute atomic E-state index is 11.5. The smallest absolute Gasteiger partial charge is 0.325 e. The zero-order valence-corrected chi connectivity index (χ0v) is 13.8. The van der Waals surface area contributed by atoms with Crippen LogP contribution >= 0.6 is 0 Å². The van der Waals surface area contributed by atoms with Gasteiger partial charge in [-0.2, -0.15) is 16.8 Å². The minimum absolute atomic E-state index is 0.0124. The van der Waals surface area contributed by atoms with Gasteiger partial charge in [-0.3, -0.25) is 13.9 Å². The lowest BCUT2D eigenvalue weighted by Gasteiger charge is -2.13. The maximum Gasteiger partial charge on any atom is 0.325 e. The van der Waals surface area contributed by atoms with Crippen LogP contribution in [-0.4, -0.2) is 43.1 Å². The summed E-state index contributed by atoms with van der Waals surface area (Å²) in [5, 5.41) is 11.6. The van der Waals surface area contributed by atoms with Gasteiger partial charge in [0.05, 0.1) is 4.90 Å². The number of hydrogen-bond acceptors (Lipinski definition) is 6.